The van der Waals surface area contributed by atoms with Crippen LogP contribution in [0.1, 0.15) is 0 Å². The Morgan fingerprint density at radius 3 is 1.70 bits per heavy atom. The van der Waals surface area contributed by atoms with E-state index < -0.39 is 8.80 Å². The molecule has 0 aromatic heterocycles. The van der Waals surface area contributed by atoms with E-state index in [1.165, 1.54) is 21.3 Å². The van der Waals surface area contributed by atoms with Gasteiger partial charge in [0.25, 0.3) is 6.17 Å². The van der Waals surface area contributed by atoms with Gasteiger partial charge in [-0.1, -0.05) is 0 Å². The third-order valence-electron chi connectivity index (χ3n) is 1.21. The van der Waals surface area contributed by atoms with Crippen LogP contribution in [0.3, 0.4) is 0 Å². The van der Waals surface area contributed by atoms with Gasteiger partial charge >= 0.3 is 8.80 Å². The summed E-state index contributed by atoms with van der Waals surface area (Å²) < 4.78 is 14.9. The van der Waals surface area contributed by atoms with Crippen LogP contribution < -0.4 is 0 Å². The molecule has 5 heteroatoms. The highest BCUT2D eigenvalue weighted by atomic mass is 28.4. The summed E-state index contributed by atoms with van der Waals surface area (Å²) >= 11 is 0. The Bertz CT molecular complexity index is 121. The Kier molecular flexibility index (Phi) is 4.23. The fourth-order valence-corrected chi connectivity index (χ4v) is 1.62. The van der Waals surface area contributed by atoms with Crippen LogP contribution in [0.5, 0.6) is 0 Å². The Balaban J connectivity index is 4.04. The Morgan fingerprint density at radius 2 is 1.60 bits per heavy atom. The van der Waals surface area contributed by atoms with Crippen molar-refractivity contribution in [1.82, 2.24) is 0 Å². The molecule has 0 radical (unpaired) electrons. The molecule has 0 aliphatic heterocycles. The van der Waals surface area contributed by atoms with E-state index in [4.69, 9.17) is 19.9 Å². The Hall–Kier alpha value is -0.413. The summed E-state index contributed by atoms with van der Waals surface area (Å²) in [4.78, 5) is 3.16. The van der Waals surface area contributed by atoms with Gasteiger partial charge in [0.05, 0.1) is 0 Å². The third kappa shape index (κ3) is 2.08. The molecule has 0 rings (SSSR count). The summed E-state index contributed by atoms with van der Waals surface area (Å²) in [6.07, 6.45) is 0.177. The van der Waals surface area contributed by atoms with Gasteiger partial charge in [0.15, 0.2) is 0 Å². The summed E-state index contributed by atoms with van der Waals surface area (Å²) in [6, 6.07) is 0. The molecule has 0 aliphatic carbocycles. The highest BCUT2D eigenvalue weighted by Crippen LogP contribution is 2.05. The molecule has 58 valence electrons. The quantitative estimate of drug-likeness (QED) is 0.440. The van der Waals surface area contributed by atoms with Crippen molar-refractivity contribution in [1.29, 1.82) is 0 Å². The molecule has 0 fully saturated rings. The zero-order valence-electron chi connectivity index (χ0n) is 6.38. The molecule has 4 nitrogen and oxygen atoms in total. The fourth-order valence-electron chi connectivity index (χ4n) is 0.540. The van der Waals surface area contributed by atoms with Gasteiger partial charge < -0.3 is 18.1 Å². The Labute approximate surface area is 61.9 Å². The fraction of sp³-hybridized carbons (Fsp3) is 0.800. The predicted octanol–water partition coefficient (Wildman–Crippen LogP) is 0.323. The lowest BCUT2D eigenvalue weighted by Crippen LogP contribution is -2.46. The van der Waals surface area contributed by atoms with Crippen molar-refractivity contribution < 1.29 is 13.3 Å². The summed E-state index contributed by atoms with van der Waals surface area (Å²) in [5.74, 6) is 0. The Morgan fingerprint density at radius 1 is 1.20 bits per heavy atom. The van der Waals surface area contributed by atoms with Crippen molar-refractivity contribution in [3.05, 3.63) is 11.4 Å². The number of hydrogen-bond donors (Lipinski definition) is 0. The topological polar surface area (TPSA) is 32.0 Å². The maximum absolute atomic E-state index is 6.59. The van der Waals surface area contributed by atoms with E-state index in [1.807, 2.05) is 0 Å². The SMILES string of the molecule is [C-]#[N+]C[Si](OC)(OC)OC. The second kappa shape index (κ2) is 4.41. The molecule has 0 N–H and O–H groups in total. The van der Waals surface area contributed by atoms with Gasteiger partial charge in [-0.2, -0.15) is 0 Å². The van der Waals surface area contributed by atoms with Gasteiger partial charge in [-0.3, -0.25) is 0 Å². The lowest BCUT2D eigenvalue weighted by molar-refractivity contribution is 0.128. The lowest BCUT2D eigenvalue weighted by atomic mass is 11.4. The van der Waals surface area contributed by atoms with Gasteiger partial charge in [0.1, 0.15) is 0 Å². The number of nitrogens with zero attached hydrogens (tertiary/aromatic N) is 1. The number of hydrogen-bond acceptors (Lipinski definition) is 3. The smallest absolute Gasteiger partial charge is 0.373 e. The van der Waals surface area contributed by atoms with Crippen LogP contribution in [0, 0.1) is 6.57 Å². The van der Waals surface area contributed by atoms with Crippen molar-refractivity contribution in [3.8, 4) is 0 Å². The highest BCUT2D eigenvalue weighted by molar-refractivity contribution is 6.61. The summed E-state index contributed by atoms with van der Waals surface area (Å²) in [6.45, 7) is 6.59. The molecule has 0 spiro atoms. The minimum atomic E-state index is -2.57. The van der Waals surface area contributed by atoms with Gasteiger partial charge in [-0.25, -0.2) is 6.57 Å². The van der Waals surface area contributed by atoms with Crippen LogP contribution in [0.15, 0.2) is 0 Å². The maximum atomic E-state index is 6.59. The van der Waals surface area contributed by atoms with E-state index >= 15 is 0 Å². The lowest BCUT2D eigenvalue weighted by Gasteiger charge is -2.17. The molecule has 0 aromatic rings. The van der Waals surface area contributed by atoms with E-state index in [9.17, 15) is 0 Å². The first-order valence-electron chi connectivity index (χ1n) is 2.73. The van der Waals surface area contributed by atoms with E-state index in [0.717, 1.165) is 0 Å². The molecule has 0 aromatic carbocycles. The average Bonchev–Trinajstić information content (AvgIpc) is 2.01. The zero-order valence-corrected chi connectivity index (χ0v) is 7.38. The molecule has 0 amide bonds. The van der Waals surface area contributed by atoms with Crippen molar-refractivity contribution in [2.24, 2.45) is 0 Å². The number of rotatable bonds is 4. The molecule has 0 atom stereocenters. The van der Waals surface area contributed by atoms with Gasteiger partial charge in [0.2, 0.25) is 0 Å². The standard InChI is InChI=1S/C5H11NO3Si/c1-6-5-10(7-2,8-3)9-4/h5H2,2-4H3. The van der Waals surface area contributed by atoms with Crippen LogP contribution in [0.25, 0.3) is 4.85 Å². The molecular weight excluding hydrogens is 150 g/mol. The van der Waals surface area contributed by atoms with Crippen molar-refractivity contribution in [2.45, 2.75) is 0 Å². The third-order valence-corrected chi connectivity index (χ3v) is 3.62. The van der Waals surface area contributed by atoms with Crippen LogP contribution in [0.2, 0.25) is 0 Å². The van der Waals surface area contributed by atoms with Gasteiger partial charge in [0, 0.05) is 21.3 Å². The van der Waals surface area contributed by atoms with Crippen molar-refractivity contribution in [3.63, 3.8) is 0 Å². The molecule has 0 bridgehead atoms. The zero-order chi connectivity index (χ0) is 8.04. The van der Waals surface area contributed by atoms with Gasteiger partial charge in [-0.15, -0.1) is 0 Å². The second-order valence-corrected chi connectivity index (χ2v) is 4.52. The average molecular weight is 161 g/mol. The van der Waals surface area contributed by atoms with Crippen LogP contribution in [-0.2, 0) is 13.3 Å². The van der Waals surface area contributed by atoms with Crippen molar-refractivity contribution >= 4 is 8.80 Å². The highest BCUT2D eigenvalue weighted by Gasteiger charge is 2.42. The first-order valence-corrected chi connectivity index (χ1v) is 4.66. The second-order valence-electron chi connectivity index (χ2n) is 1.61. The summed E-state index contributed by atoms with van der Waals surface area (Å²) in [5, 5.41) is 0. The molecule has 0 saturated carbocycles. The normalized spacial score (nSPS) is 11.0. The minimum Gasteiger partial charge on any atom is -0.373 e. The van der Waals surface area contributed by atoms with E-state index in [0.29, 0.717) is 0 Å². The maximum Gasteiger partial charge on any atom is 0.584 e. The van der Waals surface area contributed by atoms with Crippen LogP contribution >= 0.6 is 0 Å². The van der Waals surface area contributed by atoms with Crippen LogP contribution in [-0.4, -0.2) is 36.3 Å². The minimum absolute atomic E-state index is 0.177. The first-order chi connectivity index (χ1) is 4.74. The van der Waals surface area contributed by atoms with E-state index in [1.54, 1.807) is 0 Å². The van der Waals surface area contributed by atoms with Gasteiger partial charge in [-0.05, 0) is 0 Å². The largest absolute Gasteiger partial charge is 0.584 e. The van der Waals surface area contributed by atoms with Crippen molar-refractivity contribution in [2.75, 3.05) is 27.5 Å². The molecule has 0 unspecified atom stereocenters. The molecule has 0 heterocycles. The monoisotopic (exact) mass is 161 g/mol. The molecule has 0 aliphatic rings. The summed E-state index contributed by atoms with van der Waals surface area (Å²) in [7, 11) is 1.90. The van der Waals surface area contributed by atoms with E-state index in [2.05, 4.69) is 4.85 Å². The predicted molar refractivity (Wildman–Crippen MR) is 38.3 cm³/mol. The first kappa shape index (κ1) is 9.59. The van der Waals surface area contributed by atoms with Crippen LogP contribution in [0.4, 0.5) is 0 Å². The van der Waals surface area contributed by atoms with E-state index in [-0.39, 0.29) is 6.17 Å². The molecule has 10 heavy (non-hydrogen) atoms. The summed E-state index contributed by atoms with van der Waals surface area (Å²) in [5.41, 5.74) is 0. The molecular formula is C5H11NO3Si. The molecule has 0 saturated heterocycles.